The Morgan fingerprint density at radius 2 is 1.62 bits per heavy atom. The maximum atomic E-state index is 12.9. The molecule has 0 aliphatic carbocycles. The first kappa shape index (κ1) is 25.1. The number of piperidine rings is 1. The zero-order valence-corrected chi connectivity index (χ0v) is 19.2. The summed E-state index contributed by atoms with van der Waals surface area (Å²) in [4.78, 5) is 36.1. The van der Waals surface area contributed by atoms with Crippen molar-refractivity contribution >= 4 is 27.9 Å². The number of sulfonamides is 1. The van der Waals surface area contributed by atoms with E-state index in [2.05, 4.69) is 21.5 Å². The summed E-state index contributed by atoms with van der Waals surface area (Å²) in [6.45, 7) is 0.610. The average Bonchev–Trinajstić information content (AvgIpc) is 2.86. The molecule has 0 spiro atoms. The van der Waals surface area contributed by atoms with Gasteiger partial charge in [0.15, 0.2) is 0 Å². The van der Waals surface area contributed by atoms with E-state index in [0.717, 1.165) is 19.3 Å². The molecule has 1 aliphatic heterocycles. The highest BCUT2D eigenvalue weighted by atomic mass is 32.2. The molecule has 0 radical (unpaired) electrons. The van der Waals surface area contributed by atoms with Crippen molar-refractivity contribution in [2.75, 3.05) is 19.6 Å². The van der Waals surface area contributed by atoms with Crippen molar-refractivity contribution in [2.45, 2.75) is 30.7 Å². The predicted octanol–water partition coefficient (Wildman–Crippen LogP) is 1.26. The summed E-state index contributed by atoms with van der Waals surface area (Å²) in [7, 11) is -3.70. The fourth-order valence-corrected chi connectivity index (χ4v) is 4.87. The molecular weight excluding hydrogens is 465 g/mol. The number of nitrogens with zero attached hydrogens (tertiary/aromatic N) is 1. The summed E-state index contributed by atoms with van der Waals surface area (Å²) in [5.74, 6) is -1.78. The number of carbonyl (C=O) groups excluding carboxylic acids is 3. The van der Waals surface area contributed by atoms with Gasteiger partial charge in [-0.05, 0) is 48.7 Å². The van der Waals surface area contributed by atoms with Crippen molar-refractivity contribution in [3.8, 4) is 0 Å². The molecule has 0 bridgehead atoms. The lowest BCUT2D eigenvalue weighted by Gasteiger charge is -2.26. The van der Waals surface area contributed by atoms with Gasteiger partial charge in [0.2, 0.25) is 10.0 Å². The van der Waals surface area contributed by atoms with Gasteiger partial charge in [0.25, 0.3) is 11.8 Å². The molecule has 12 heteroatoms. The highest BCUT2D eigenvalue weighted by Gasteiger charge is 2.26. The number of hydrogen-bond donors (Lipinski definition) is 4. The second kappa shape index (κ2) is 11.6. The lowest BCUT2D eigenvalue weighted by atomic mass is 10.2. The maximum Gasteiger partial charge on any atom is 0.315 e. The van der Waals surface area contributed by atoms with Crippen LogP contribution < -0.4 is 21.5 Å². The maximum absolute atomic E-state index is 12.9. The monoisotopic (exact) mass is 491 g/mol. The van der Waals surface area contributed by atoms with E-state index in [-0.39, 0.29) is 22.8 Å². The van der Waals surface area contributed by atoms with Crippen molar-refractivity contribution in [1.82, 2.24) is 25.8 Å². The number of rotatable bonds is 7. The molecule has 2 aromatic rings. The lowest BCUT2D eigenvalue weighted by molar-refractivity contribution is -0.120. The number of urea groups is 1. The largest absolute Gasteiger partial charge is 0.334 e. The molecule has 34 heavy (non-hydrogen) atoms. The lowest BCUT2D eigenvalue weighted by Crippen LogP contribution is -2.47. The van der Waals surface area contributed by atoms with E-state index >= 15 is 0 Å². The van der Waals surface area contributed by atoms with Crippen molar-refractivity contribution < 1.29 is 27.2 Å². The van der Waals surface area contributed by atoms with Crippen LogP contribution in [0.25, 0.3) is 0 Å². The molecule has 0 aromatic heterocycles. The molecule has 4 N–H and O–H groups in total. The average molecular weight is 492 g/mol. The smallest absolute Gasteiger partial charge is 0.315 e. The first-order valence-corrected chi connectivity index (χ1v) is 12.2. The topological polar surface area (TPSA) is 137 Å². The van der Waals surface area contributed by atoms with Crippen LogP contribution >= 0.6 is 0 Å². The Labute approximate surface area is 196 Å². The number of hydrogen-bond acceptors (Lipinski definition) is 5. The summed E-state index contributed by atoms with van der Waals surface area (Å²) in [6.07, 6.45) is 2.58. The SMILES string of the molecule is O=C(CNC(=O)NCc1ccc(F)cc1)NNC(=O)c1cccc(S(=O)(=O)N2CCCCC2)c1. The van der Waals surface area contributed by atoms with Gasteiger partial charge in [-0.15, -0.1) is 0 Å². The first-order chi connectivity index (χ1) is 16.3. The molecule has 182 valence electrons. The highest BCUT2D eigenvalue weighted by Crippen LogP contribution is 2.21. The molecule has 2 aromatic carbocycles. The molecule has 0 saturated carbocycles. The standard InChI is InChI=1S/C22H26FN5O5S/c23-18-9-7-16(8-10-18)14-24-22(31)25-15-20(29)26-27-21(30)17-5-4-6-19(13-17)34(32,33)28-11-2-1-3-12-28/h4-10,13H,1-3,11-12,14-15H2,(H,26,29)(H,27,30)(H2,24,25,31). The Morgan fingerprint density at radius 3 is 2.32 bits per heavy atom. The summed E-state index contributed by atoms with van der Waals surface area (Å²) in [6, 6.07) is 10.5. The van der Waals surface area contributed by atoms with Gasteiger partial charge in [-0.2, -0.15) is 4.31 Å². The zero-order valence-electron chi connectivity index (χ0n) is 18.3. The molecule has 1 heterocycles. The third-order valence-corrected chi connectivity index (χ3v) is 7.03. The summed E-state index contributed by atoms with van der Waals surface area (Å²) in [5.41, 5.74) is 5.08. The number of amides is 4. The quantitative estimate of drug-likeness (QED) is 0.432. The second-order valence-corrected chi connectivity index (χ2v) is 9.60. The Balaban J connectivity index is 1.45. The predicted molar refractivity (Wildman–Crippen MR) is 121 cm³/mol. The third kappa shape index (κ3) is 6.99. The van der Waals surface area contributed by atoms with Crippen molar-refractivity contribution in [2.24, 2.45) is 0 Å². The summed E-state index contributed by atoms with van der Waals surface area (Å²) >= 11 is 0. The van der Waals surface area contributed by atoms with Crippen LogP contribution in [0, 0.1) is 5.82 Å². The molecule has 10 nitrogen and oxygen atoms in total. The van der Waals surface area contributed by atoms with Crippen LogP contribution in [0.3, 0.4) is 0 Å². The number of halogens is 1. The van der Waals surface area contributed by atoms with Crippen molar-refractivity contribution in [3.63, 3.8) is 0 Å². The fraction of sp³-hybridized carbons (Fsp3) is 0.318. The van der Waals surface area contributed by atoms with E-state index in [9.17, 15) is 27.2 Å². The zero-order chi connectivity index (χ0) is 24.6. The number of nitrogens with one attached hydrogen (secondary N) is 4. The minimum absolute atomic E-state index is 0.00729. The number of benzene rings is 2. The third-order valence-electron chi connectivity index (χ3n) is 5.14. The van der Waals surface area contributed by atoms with E-state index in [1.807, 2.05) is 0 Å². The molecule has 1 fully saturated rings. The molecule has 3 rings (SSSR count). The summed E-state index contributed by atoms with van der Waals surface area (Å²) < 4.78 is 39.9. The van der Waals surface area contributed by atoms with Gasteiger partial charge < -0.3 is 10.6 Å². The molecular formula is C22H26FN5O5S. The van der Waals surface area contributed by atoms with Crippen LogP contribution in [0.2, 0.25) is 0 Å². The number of carbonyl (C=O) groups is 3. The molecule has 1 aliphatic rings. The minimum Gasteiger partial charge on any atom is -0.334 e. The second-order valence-electron chi connectivity index (χ2n) is 7.66. The van der Waals surface area contributed by atoms with Crippen LogP contribution in [-0.2, 0) is 21.4 Å². The van der Waals surface area contributed by atoms with Crippen LogP contribution in [0.1, 0.15) is 35.2 Å². The Bertz CT molecular complexity index is 1130. The highest BCUT2D eigenvalue weighted by molar-refractivity contribution is 7.89. The molecule has 4 amide bonds. The van der Waals surface area contributed by atoms with Gasteiger partial charge in [-0.3, -0.25) is 20.4 Å². The van der Waals surface area contributed by atoms with Gasteiger partial charge in [0.1, 0.15) is 12.4 Å². The van der Waals surface area contributed by atoms with Crippen LogP contribution in [0.4, 0.5) is 9.18 Å². The first-order valence-electron chi connectivity index (χ1n) is 10.7. The van der Waals surface area contributed by atoms with Crippen LogP contribution in [0.5, 0.6) is 0 Å². The van der Waals surface area contributed by atoms with Crippen LogP contribution in [-0.4, -0.2) is 50.2 Å². The van der Waals surface area contributed by atoms with E-state index in [1.165, 1.54) is 52.8 Å². The molecule has 0 unspecified atom stereocenters. The van der Waals surface area contributed by atoms with E-state index in [1.54, 1.807) is 0 Å². The van der Waals surface area contributed by atoms with Crippen molar-refractivity contribution in [3.05, 3.63) is 65.5 Å². The van der Waals surface area contributed by atoms with Gasteiger partial charge in [0, 0.05) is 25.2 Å². The van der Waals surface area contributed by atoms with Gasteiger partial charge in [-0.1, -0.05) is 24.6 Å². The van der Waals surface area contributed by atoms with Crippen LogP contribution in [0.15, 0.2) is 53.4 Å². The fourth-order valence-electron chi connectivity index (χ4n) is 3.30. The molecule has 1 saturated heterocycles. The number of hydrazine groups is 1. The Hall–Kier alpha value is -3.51. The van der Waals surface area contributed by atoms with E-state index in [4.69, 9.17) is 0 Å². The van der Waals surface area contributed by atoms with Crippen molar-refractivity contribution in [1.29, 1.82) is 0 Å². The van der Waals surface area contributed by atoms with E-state index < -0.39 is 34.4 Å². The van der Waals surface area contributed by atoms with Gasteiger partial charge in [0.05, 0.1) is 4.90 Å². The Morgan fingerprint density at radius 1 is 0.912 bits per heavy atom. The van der Waals surface area contributed by atoms with Gasteiger partial charge in [-0.25, -0.2) is 17.6 Å². The summed E-state index contributed by atoms with van der Waals surface area (Å²) in [5, 5.41) is 4.83. The van der Waals surface area contributed by atoms with Gasteiger partial charge >= 0.3 is 6.03 Å². The molecule has 0 atom stereocenters. The Kier molecular flexibility index (Phi) is 8.55. The normalized spacial score (nSPS) is 14.1. The minimum atomic E-state index is -3.70. The van der Waals surface area contributed by atoms with E-state index in [0.29, 0.717) is 18.7 Å².